The fourth-order valence-electron chi connectivity index (χ4n) is 1.36. The monoisotopic (exact) mass is 688 g/mol. The van der Waals surface area contributed by atoms with Gasteiger partial charge in [-0.3, -0.25) is 0 Å². The third-order valence-corrected chi connectivity index (χ3v) is 8.90. The summed E-state index contributed by atoms with van der Waals surface area (Å²) < 4.78 is 29.6. The van der Waals surface area contributed by atoms with Crippen molar-refractivity contribution >= 4 is 95.6 Å². The van der Waals surface area contributed by atoms with Crippen molar-refractivity contribution < 1.29 is 8.78 Å². The minimum atomic E-state index is -0.452. The van der Waals surface area contributed by atoms with E-state index in [1.54, 1.807) is 6.07 Å². The van der Waals surface area contributed by atoms with Crippen LogP contribution in [0.4, 0.5) is 8.78 Å². The molecule has 0 bridgehead atoms. The second kappa shape index (κ2) is 9.61. The summed E-state index contributed by atoms with van der Waals surface area (Å²) in [6.45, 7) is 1.39. The Bertz CT molecular complexity index is 662. The van der Waals surface area contributed by atoms with Crippen LogP contribution in [0.25, 0.3) is 0 Å². The summed E-state index contributed by atoms with van der Waals surface area (Å²) in [7, 11) is 0. The van der Waals surface area contributed by atoms with Crippen LogP contribution in [0, 0.1) is 12.7 Å². The summed E-state index contributed by atoms with van der Waals surface area (Å²) in [5.41, 5.74) is 1.53. The Balaban J connectivity index is 0.000000220. The van der Waals surface area contributed by atoms with E-state index in [0.29, 0.717) is 14.5 Å². The molecule has 0 N–H and O–H groups in total. The van der Waals surface area contributed by atoms with E-state index in [1.807, 2.05) is 19.1 Å². The van der Waals surface area contributed by atoms with Gasteiger partial charge in [0.2, 0.25) is 0 Å². The van der Waals surface area contributed by atoms with Gasteiger partial charge in [-0.15, -0.1) is 0 Å². The van der Waals surface area contributed by atoms with E-state index in [-0.39, 0.29) is 5.82 Å². The molecule has 0 atom stereocenters. The van der Waals surface area contributed by atoms with Crippen LogP contribution in [0.2, 0.25) is 0 Å². The summed E-state index contributed by atoms with van der Waals surface area (Å²) in [6.07, 6.45) is 0. The summed E-state index contributed by atoms with van der Waals surface area (Å²) in [4.78, 5) is 0. The molecule has 0 aromatic heterocycles. The summed E-state index contributed by atoms with van der Waals surface area (Å²) in [6, 6.07) is 5.39. The van der Waals surface area contributed by atoms with Gasteiger partial charge < -0.3 is 0 Å². The Morgan fingerprint density at radius 2 is 1.41 bits per heavy atom. The molecule has 0 spiro atoms. The molecular weight excluding hydrogens is 686 g/mol. The van der Waals surface area contributed by atoms with Gasteiger partial charge in [0.1, 0.15) is 6.67 Å². The number of alkyl halides is 1. The highest BCUT2D eigenvalue weighted by atomic mass is 79.9. The predicted octanol–water partition coefficient (Wildman–Crippen LogP) is 8.87. The lowest BCUT2D eigenvalue weighted by atomic mass is 10.2. The van der Waals surface area contributed by atoms with Crippen LogP contribution in [0.5, 0.6) is 0 Å². The molecule has 2 aromatic rings. The van der Waals surface area contributed by atoms with E-state index in [1.165, 1.54) is 0 Å². The maximum Gasteiger partial charge on any atom is 0.152 e. The van der Waals surface area contributed by atoms with Crippen molar-refractivity contribution in [3.8, 4) is 0 Å². The third kappa shape index (κ3) is 5.34. The molecule has 0 amide bonds. The third-order valence-electron chi connectivity index (χ3n) is 2.54. The first-order valence-corrected chi connectivity index (χ1v) is 10.4. The van der Waals surface area contributed by atoms with Gasteiger partial charge in [0, 0.05) is 17.9 Å². The fourth-order valence-corrected chi connectivity index (χ4v) is 4.20. The number of hydrogen-bond donors (Lipinski definition) is 0. The second-order valence-electron chi connectivity index (χ2n) is 4.09. The first-order chi connectivity index (χ1) is 10.2. The van der Waals surface area contributed by atoms with Gasteiger partial charge in [-0.25, -0.2) is 8.78 Å². The zero-order valence-electron chi connectivity index (χ0n) is 11.0. The van der Waals surface area contributed by atoms with Crippen molar-refractivity contribution in [2.45, 2.75) is 13.6 Å². The molecular formula is C14H8Br6F2. The fraction of sp³-hybridized carbons (Fsp3) is 0.143. The van der Waals surface area contributed by atoms with Crippen LogP contribution in [0.3, 0.4) is 0 Å². The standard InChI is InChI=1S/2C7H4Br3F/c1-3-2-4(8)6(10)7(11)5(3)9;8-5-2-1-4(3-11)6(9)7(5)10/h2H,1H3;1-2H,3H2. The summed E-state index contributed by atoms with van der Waals surface area (Å²) in [5.74, 6) is -0.267. The van der Waals surface area contributed by atoms with E-state index in [0.717, 1.165) is 23.5 Å². The van der Waals surface area contributed by atoms with E-state index in [4.69, 9.17) is 0 Å². The molecule has 0 aliphatic heterocycles. The van der Waals surface area contributed by atoms with E-state index < -0.39 is 6.67 Å². The maximum absolute atomic E-state index is 13.1. The topological polar surface area (TPSA) is 0 Å². The molecule has 2 aromatic carbocycles. The van der Waals surface area contributed by atoms with Crippen molar-refractivity contribution in [2.75, 3.05) is 0 Å². The van der Waals surface area contributed by atoms with Crippen LogP contribution in [0.1, 0.15) is 11.1 Å². The zero-order chi connectivity index (χ0) is 17.0. The normalized spacial score (nSPS) is 10.2. The quantitative estimate of drug-likeness (QED) is 0.207. The average molecular weight is 694 g/mol. The zero-order valence-corrected chi connectivity index (χ0v) is 20.5. The highest BCUT2D eigenvalue weighted by molar-refractivity contribution is 9.14. The molecule has 0 radical (unpaired) electrons. The van der Waals surface area contributed by atoms with Gasteiger partial charge in [-0.1, -0.05) is 6.07 Å². The smallest absolute Gasteiger partial charge is 0.152 e. The van der Waals surface area contributed by atoms with Crippen LogP contribution in [-0.2, 0) is 6.67 Å². The van der Waals surface area contributed by atoms with Gasteiger partial charge in [-0.2, -0.15) is 0 Å². The molecule has 0 saturated heterocycles. The molecule has 0 saturated carbocycles. The number of halogens is 8. The van der Waals surface area contributed by atoms with Crippen molar-refractivity contribution in [1.29, 1.82) is 0 Å². The Kier molecular flexibility index (Phi) is 9.27. The number of hydrogen-bond acceptors (Lipinski definition) is 0. The number of rotatable bonds is 1. The summed E-state index contributed by atoms with van der Waals surface area (Å²) in [5, 5.41) is 0. The molecule has 2 rings (SSSR count). The molecule has 0 heterocycles. The molecule has 0 unspecified atom stereocenters. The largest absolute Gasteiger partial charge is 0.246 e. The van der Waals surface area contributed by atoms with Crippen LogP contribution < -0.4 is 0 Å². The lowest BCUT2D eigenvalue weighted by Crippen LogP contribution is -1.85. The van der Waals surface area contributed by atoms with E-state index >= 15 is 0 Å². The van der Waals surface area contributed by atoms with E-state index in [2.05, 4.69) is 95.6 Å². The lowest BCUT2D eigenvalue weighted by molar-refractivity contribution is 0.483. The predicted molar refractivity (Wildman–Crippen MR) is 109 cm³/mol. The first kappa shape index (κ1) is 21.2. The number of aryl methyl sites for hydroxylation is 1. The molecule has 120 valence electrons. The lowest BCUT2D eigenvalue weighted by Gasteiger charge is -2.03. The average Bonchev–Trinajstić information content (AvgIpc) is 2.49. The van der Waals surface area contributed by atoms with Gasteiger partial charge in [0.15, 0.2) is 5.82 Å². The van der Waals surface area contributed by atoms with Crippen LogP contribution >= 0.6 is 95.6 Å². The highest BCUT2D eigenvalue weighted by Crippen LogP contribution is 2.34. The Morgan fingerprint density at radius 1 is 0.818 bits per heavy atom. The molecule has 0 nitrogen and oxygen atoms in total. The Morgan fingerprint density at radius 3 is 1.95 bits per heavy atom. The Hall–Kier alpha value is 1.18. The van der Waals surface area contributed by atoms with Gasteiger partial charge in [0.25, 0.3) is 0 Å². The molecule has 22 heavy (non-hydrogen) atoms. The molecule has 0 fully saturated rings. The van der Waals surface area contributed by atoms with Crippen LogP contribution in [0.15, 0.2) is 45.0 Å². The van der Waals surface area contributed by atoms with Crippen LogP contribution in [-0.4, -0.2) is 0 Å². The van der Waals surface area contributed by atoms with Crippen molar-refractivity contribution in [3.63, 3.8) is 0 Å². The molecule has 8 heteroatoms. The number of benzene rings is 2. The van der Waals surface area contributed by atoms with Gasteiger partial charge in [0.05, 0.1) is 8.95 Å². The van der Waals surface area contributed by atoms with Crippen molar-refractivity contribution in [2.24, 2.45) is 0 Å². The van der Waals surface area contributed by atoms with Crippen molar-refractivity contribution in [1.82, 2.24) is 0 Å². The maximum atomic E-state index is 13.1. The second-order valence-corrected chi connectivity index (χ2v) is 8.97. The summed E-state index contributed by atoms with van der Waals surface area (Å²) >= 11 is 19.4. The van der Waals surface area contributed by atoms with E-state index in [9.17, 15) is 8.78 Å². The van der Waals surface area contributed by atoms with Crippen molar-refractivity contribution in [3.05, 3.63) is 62.0 Å². The highest BCUT2D eigenvalue weighted by Gasteiger charge is 2.10. The molecule has 0 aliphatic rings. The minimum absolute atomic E-state index is 0.267. The van der Waals surface area contributed by atoms with Gasteiger partial charge in [-0.05, 0) is 126 Å². The first-order valence-electron chi connectivity index (χ1n) is 5.68. The SMILES string of the molecule is Cc1cc(Br)c(Br)c(F)c1Br.FCc1ccc(Br)c(Br)c1Br. The Labute approximate surface area is 178 Å². The molecule has 0 aliphatic carbocycles. The minimum Gasteiger partial charge on any atom is -0.246 e. The van der Waals surface area contributed by atoms with Gasteiger partial charge >= 0.3 is 0 Å².